The standard InChI is InChI=1S/C34H32N4O4S2/c39-31(27-5-1-19-37(27)33(41)29-7-3-21-43-29)35-25-15-11-23(12-16-25)9-10-24-13-17-26(18-14-24)36-32(40)28-6-2-20-38(28)34(42)30-8-4-22-44-30/h3-4,7-18,21-22,27-28H,1-2,5-6,19-20H2,(H,35,39)(H,36,40)/t27-,28-/m0/s1. The molecule has 4 heterocycles. The number of carbonyl (C=O) groups is 4. The second-order valence-electron chi connectivity index (χ2n) is 10.8. The second kappa shape index (κ2) is 13.4. The van der Waals surface area contributed by atoms with E-state index in [-0.39, 0.29) is 23.6 Å². The van der Waals surface area contributed by atoms with Crippen LogP contribution in [0.25, 0.3) is 12.2 Å². The van der Waals surface area contributed by atoms with E-state index in [9.17, 15) is 19.2 Å². The lowest BCUT2D eigenvalue weighted by Crippen LogP contribution is -2.42. The van der Waals surface area contributed by atoms with Crippen LogP contribution in [0.15, 0.2) is 83.6 Å². The smallest absolute Gasteiger partial charge is 0.264 e. The SMILES string of the molecule is O=C(Nc1ccc(C=Cc2ccc(NC(=O)[C@@H]3CCCN3C(=O)c3cccs3)cc2)cc1)[C@@H]1CCCN1C(=O)c1cccs1. The highest BCUT2D eigenvalue weighted by atomic mass is 32.1. The molecule has 0 saturated carbocycles. The molecule has 0 radical (unpaired) electrons. The molecule has 224 valence electrons. The zero-order chi connectivity index (χ0) is 30.5. The number of amides is 4. The van der Waals surface area contributed by atoms with E-state index < -0.39 is 12.1 Å². The van der Waals surface area contributed by atoms with Crippen LogP contribution in [0, 0.1) is 0 Å². The van der Waals surface area contributed by atoms with Crippen LogP contribution in [0.5, 0.6) is 0 Å². The highest BCUT2D eigenvalue weighted by molar-refractivity contribution is 7.12. The van der Waals surface area contributed by atoms with Gasteiger partial charge in [-0.3, -0.25) is 19.2 Å². The van der Waals surface area contributed by atoms with Crippen LogP contribution in [0.3, 0.4) is 0 Å². The minimum Gasteiger partial charge on any atom is -0.326 e. The fourth-order valence-corrected chi connectivity index (χ4v) is 7.00. The van der Waals surface area contributed by atoms with E-state index >= 15 is 0 Å². The topological polar surface area (TPSA) is 98.8 Å². The van der Waals surface area contributed by atoms with Crippen LogP contribution in [0.4, 0.5) is 11.4 Å². The summed E-state index contributed by atoms with van der Waals surface area (Å²) in [5, 5.41) is 9.66. The summed E-state index contributed by atoms with van der Waals surface area (Å²) in [5.74, 6) is -0.513. The molecule has 2 fully saturated rings. The van der Waals surface area contributed by atoms with Crippen LogP contribution < -0.4 is 10.6 Å². The molecule has 6 rings (SSSR count). The van der Waals surface area contributed by atoms with Gasteiger partial charge in [0.15, 0.2) is 0 Å². The zero-order valence-corrected chi connectivity index (χ0v) is 25.6. The van der Waals surface area contributed by atoms with Gasteiger partial charge in [0.2, 0.25) is 11.8 Å². The summed E-state index contributed by atoms with van der Waals surface area (Å²) in [4.78, 5) is 56.3. The van der Waals surface area contributed by atoms with E-state index in [0.29, 0.717) is 47.1 Å². The Morgan fingerprint density at radius 1 is 0.614 bits per heavy atom. The predicted molar refractivity (Wildman–Crippen MR) is 176 cm³/mol. The summed E-state index contributed by atoms with van der Waals surface area (Å²) < 4.78 is 0. The maximum Gasteiger partial charge on any atom is 0.264 e. The number of hydrogen-bond acceptors (Lipinski definition) is 6. The van der Waals surface area contributed by atoms with Crippen LogP contribution in [0.1, 0.15) is 56.2 Å². The van der Waals surface area contributed by atoms with Crippen molar-refractivity contribution in [1.82, 2.24) is 9.80 Å². The van der Waals surface area contributed by atoms with Gasteiger partial charge in [0.1, 0.15) is 12.1 Å². The number of hydrogen-bond donors (Lipinski definition) is 2. The Hall–Kier alpha value is -4.54. The van der Waals surface area contributed by atoms with Crippen molar-refractivity contribution in [2.75, 3.05) is 23.7 Å². The van der Waals surface area contributed by atoms with Gasteiger partial charge in [-0.1, -0.05) is 48.6 Å². The van der Waals surface area contributed by atoms with Crippen molar-refractivity contribution >= 4 is 69.8 Å². The highest BCUT2D eigenvalue weighted by Crippen LogP contribution is 2.25. The molecule has 2 aromatic heterocycles. The van der Waals surface area contributed by atoms with E-state index in [1.165, 1.54) is 22.7 Å². The third-order valence-corrected chi connectivity index (χ3v) is 9.64. The Bertz CT molecular complexity index is 1520. The van der Waals surface area contributed by atoms with E-state index in [2.05, 4.69) is 10.6 Å². The Labute approximate surface area is 264 Å². The van der Waals surface area contributed by atoms with Gasteiger partial charge >= 0.3 is 0 Å². The third-order valence-electron chi connectivity index (χ3n) is 7.92. The largest absolute Gasteiger partial charge is 0.326 e. The molecule has 44 heavy (non-hydrogen) atoms. The Balaban J connectivity index is 1.01. The molecule has 0 spiro atoms. The first-order chi connectivity index (χ1) is 21.5. The predicted octanol–water partition coefficient (Wildman–Crippen LogP) is 6.47. The van der Waals surface area contributed by atoms with Crippen LogP contribution in [0.2, 0.25) is 0 Å². The van der Waals surface area contributed by atoms with E-state index in [0.717, 1.165) is 24.0 Å². The van der Waals surface area contributed by atoms with E-state index in [1.54, 1.807) is 21.9 Å². The van der Waals surface area contributed by atoms with Gasteiger partial charge in [-0.05, 0) is 84.0 Å². The molecular weight excluding hydrogens is 593 g/mol. The summed E-state index contributed by atoms with van der Waals surface area (Å²) >= 11 is 2.78. The van der Waals surface area contributed by atoms with Gasteiger partial charge in [-0.2, -0.15) is 0 Å². The van der Waals surface area contributed by atoms with Crippen molar-refractivity contribution in [1.29, 1.82) is 0 Å². The lowest BCUT2D eigenvalue weighted by molar-refractivity contribution is -0.120. The highest BCUT2D eigenvalue weighted by Gasteiger charge is 2.36. The summed E-state index contributed by atoms with van der Waals surface area (Å²) in [6.45, 7) is 1.17. The van der Waals surface area contributed by atoms with Crippen molar-refractivity contribution in [3.8, 4) is 0 Å². The van der Waals surface area contributed by atoms with Gasteiger partial charge in [-0.25, -0.2) is 0 Å². The lowest BCUT2D eigenvalue weighted by Gasteiger charge is -2.23. The Morgan fingerprint density at radius 3 is 1.39 bits per heavy atom. The zero-order valence-electron chi connectivity index (χ0n) is 24.0. The van der Waals surface area contributed by atoms with Gasteiger partial charge < -0.3 is 20.4 Å². The monoisotopic (exact) mass is 624 g/mol. The molecule has 2 saturated heterocycles. The van der Waals surface area contributed by atoms with Crippen LogP contribution >= 0.6 is 22.7 Å². The molecule has 2 aliphatic rings. The molecule has 4 amide bonds. The molecule has 10 heteroatoms. The fourth-order valence-electron chi connectivity index (χ4n) is 5.65. The van der Waals surface area contributed by atoms with E-state index in [4.69, 9.17) is 0 Å². The first-order valence-corrected chi connectivity index (χ1v) is 16.4. The third kappa shape index (κ3) is 6.66. The van der Waals surface area contributed by atoms with Crippen molar-refractivity contribution in [3.63, 3.8) is 0 Å². The molecule has 2 N–H and O–H groups in total. The maximum atomic E-state index is 13.0. The van der Waals surface area contributed by atoms with Gasteiger partial charge in [0.05, 0.1) is 9.75 Å². The number of nitrogens with one attached hydrogen (secondary N) is 2. The number of carbonyl (C=O) groups excluding carboxylic acids is 4. The van der Waals surface area contributed by atoms with Crippen molar-refractivity contribution in [3.05, 3.63) is 104 Å². The Morgan fingerprint density at radius 2 is 1.02 bits per heavy atom. The number of rotatable bonds is 8. The number of likely N-dealkylation sites (tertiary alicyclic amines) is 2. The molecule has 0 bridgehead atoms. The van der Waals surface area contributed by atoms with Crippen molar-refractivity contribution in [2.45, 2.75) is 37.8 Å². The number of anilines is 2. The van der Waals surface area contributed by atoms with E-state index in [1.807, 2.05) is 83.6 Å². The molecule has 0 aliphatic carbocycles. The quantitative estimate of drug-likeness (QED) is 0.220. The normalized spacial score (nSPS) is 18.1. The van der Waals surface area contributed by atoms with Crippen molar-refractivity contribution < 1.29 is 19.2 Å². The van der Waals surface area contributed by atoms with Gasteiger partial charge in [0, 0.05) is 24.5 Å². The van der Waals surface area contributed by atoms with Crippen LogP contribution in [-0.2, 0) is 9.59 Å². The maximum absolute atomic E-state index is 13.0. The summed E-state index contributed by atoms with van der Waals surface area (Å²) in [5.41, 5.74) is 3.29. The molecule has 4 aromatic rings. The minimum absolute atomic E-state index is 0.0877. The first-order valence-electron chi connectivity index (χ1n) is 14.7. The first kappa shape index (κ1) is 29.5. The second-order valence-corrected chi connectivity index (χ2v) is 12.7. The molecule has 8 nitrogen and oxygen atoms in total. The number of thiophene rings is 2. The summed E-state index contributed by atoms with van der Waals surface area (Å²) in [6.07, 6.45) is 6.88. The number of benzene rings is 2. The average molecular weight is 625 g/mol. The van der Waals surface area contributed by atoms with Gasteiger partial charge in [-0.15, -0.1) is 22.7 Å². The van der Waals surface area contributed by atoms with Crippen molar-refractivity contribution in [2.24, 2.45) is 0 Å². The fraction of sp³-hybridized carbons (Fsp3) is 0.235. The molecule has 2 aliphatic heterocycles. The van der Waals surface area contributed by atoms with Crippen LogP contribution in [-0.4, -0.2) is 58.6 Å². The Kier molecular flexibility index (Phi) is 8.99. The van der Waals surface area contributed by atoms with Gasteiger partial charge in [0.25, 0.3) is 11.8 Å². The lowest BCUT2D eigenvalue weighted by atomic mass is 10.1. The summed E-state index contributed by atoms with van der Waals surface area (Å²) in [6, 6.07) is 21.4. The average Bonchev–Trinajstić information content (AvgIpc) is 3.88. The minimum atomic E-state index is -0.470. The molecule has 0 unspecified atom stereocenters. The summed E-state index contributed by atoms with van der Waals surface area (Å²) in [7, 11) is 0. The number of nitrogens with zero attached hydrogens (tertiary/aromatic N) is 2. The molecule has 2 aromatic carbocycles. The molecular formula is C34H32N4O4S2. The molecule has 2 atom stereocenters.